The van der Waals surface area contributed by atoms with Crippen LogP contribution in [0.25, 0.3) is 10.9 Å². The molecule has 1 aromatic heterocycles. The van der Waals surface area contributed by atoms with Crippen molar-refractivity contribution in [1.82, 2.24) is 4.57 Å². The van der Waals surface area contributed by atoms with E-state index in [2.05, 4.69) is 0 Å². The molecule has 1 atom stereocenters. The third kappa shape index (κ3) is 1.84. The summed E-state index contributed by atoms with van der Waals surface area (Å²) in [6.45, 7) is 3.50. The van der Waals surface area contributed by atoms with Crippen molar-refractivity contribution in [3.05, 3.63) is 35.5 Å². The first kappa shape index (κ1) is 12.2. The first-order valence-electron chi connectivity index (χ1n) is 5.55. The van der Waals surface area contributed by atoms with E-state index in [9.17, 15) is 9.59 Å². The predicted octanol–water partition coefficient (Wildman–Crippen LogP) is 1.69. The van der Waals surface area contributed by atoms with Crippen LogP contribution in [-0.2, 0) is 4.79 Å². The van der Waals surface area contributed by atoms with Gasteiger partial charge in [-0.3, -0.25) is 4.79 Å². The second-order valence-electron chi connectivity index (χ2n) is 4.33. The quantitative estimate of drug-likeness (QED) is 0.864. The number of carboxylic acids is 1. The highest BCUT2D eigenvalue weighted by atomic mass is 16.4. The summed E-state index contributed by atoms with van der Waals surface area (Å²) >= 11 is 0. The van der Waals surface area contributed by atoms with E-state index in [0.29, 0.717) is 11.1 Å². The van der Waals surface area contributed by atoms with Crippen molar-refractivity contribution in [1.29, 1.82) is 0 Å². The lowest BCUT2D eigenvalue weighted by molar-refractivity contribution is -0.140. The maximum absolute atomic E-state index is 11.2. The number of aromatic nitrogens is 1. The molecule has 18 heavy (non-hydrogen) atoms. The van der Waals surface area contributed by atoms with E-state index >= 15 is 0 Å². The SMILES string of the molecule is Cc1cn(C(C)C(=O)O)c2cc(C(N)=O)ccc12. The smallest absolute Gasteiger partial charge is 0.326 e. The molecule has 0 bridgehead atoms. The number of primary amides is 1. The molecule has 0 saturated carbocycles. The van der Waals surface area contributed by atoms with Gasteiger partial charge in [0, 0.05) is 22.7 Å². The molecule has 3 N–H and O–H groups in total. The number of hydrogen-bond donors (Lipinski definition) is 2. The fourth-order valence-corrected chi connectivity index (χ4v) is 2.02. The van der Waals surface area contributed by atoms with Gasteiger partial charge in [-0.25, -0.2) is 4.79 Å². The summed E-state index contributed by atoms with van der Waals surface area (Å²) in [7, 11) is 0. The fraction of sp³-hybridized carbons (Fsp3) is 0.231. The molecule has 1 heterocycles. The summed E-state index contributed by atoms with van der Waals surface area (Å²) in [5.41, 5.74) is 7.28. The van der Waals surface area contributed by atoms with Gasteiger partial charge in [0.05, 0.1) is 0 Å². The zero-order valence-electron chi connectivity index (χ0n) is 10.2. The summed E-state index contributed by atoms with van der Waals surface area (Å²) < 4.78 is 1.64. The molecular formula is C13H14N2O3. The molecule has 0 aliphatic rings. The van der Waals surface area contributed by atoms with E-state index in [1.807, 2.05) is 6.92 Å². The minimum atomic E-state index is -0.920. The lowest BCUT2D eigenvalue weighted by Gasteiger charge is -2.10. The Labute approximate surface area is 104 Å². The van der Waals surface area contributed by atoms with Gasteiger partial charge in [-0.2, -0.15) is 0 Å². The molecule has 5 nitrogen and oxygen atoms in total. The third-order valence-electron chi connectivity index (χ3n) is 3.09. The molecule has 0 aliphatic heterocycles. The minimum absolute atomic E-state index is 0.374. The van der Waals surface area contributed by atoms with Gasteiger partial charge in [0.15, 0.2) is 0 Å². The Balaban J connectivity index is 2.70. The molecule has 1 amide bonds. The van der Waals surface area contributed by atoms with Crippen molar-refractivity contribution < 1.29 is 14.7 Å². The number of nitrogens with zero attached hydrogens (tertiary/aromatic N) is 1. The number of rotatable bonds is 3. The van der Waals surface area contributed by atoms with Gasteiger partial charge in [-0.1, -0.05) is 6.07 Å². The summed E-state index contributed by atoms with van der Waals surface area (Å²) in [6.07, 6.45) is 1.77. The highest BCUT2D eigenvalue weighted by Gasteiger charge is 2.17. The van der Waals surface area contributed by atoms with Crippen LogP contribution in [-0.4, -0.2) is 21.6 Å². The molecular weight excluding hydrogens is 232 g/mol. The maximum Gasteiger partial charge on any atom is 0.326 e. The Kier molecular flexibility index (Phi) is 2.82. The van der Waals surface area contributed by atoms with Crippen LogP contribution in [0.15, 0.2) is 24.4 Å². The second kappa shape index (κ2) is 4.18. The van der Waals surface area contributed by atoms with E-state index in [1.165, 1.54) is 0 Å². The van der Waals surface area contributed by atoms with Crippen molar-refractivity contribution in [2.45, 2.75) is 19.9 Å². The van der Waals surface area contributed by atoms with Crippen LogP contribution in [0, 0.1) is 6.92 Å². The zero-order valence-corrected chi connectivity index (χ0v) is 10.2. The van der Waals surface area contributed by atoms with E-state index < -0.39 is 17.9 Å². The topological polar surface area (TPSA) is 85.3 Å². The van der Waals surface area contributed by atoms with Crippen LogP contribution in [0.3, 0.4) is 0 Å². The Bertz CT molecular complexity index is 643. The first-order valence-corrected chi connectivity index (χ1v) is 5.55. The van der Waals surface area contributed by atoms with Crippen LogP contribution >= 0.6 is 0 Å². The van der Waals surface area contributed by atoms with E-state index in [4.69, 9.17) is 10.8 Å². The van der Waals surface area contributed by atoms with Crippen LogP contribution in [0.5, 0.6) is 0 Å². The van der Waals surface area contributed by atoms with Crippen LogP contribution < -0.4 is 5.73 Å². The summed E-state index contributed by atoms with van der Waals surface area (Å²) in [6, 6.07) is 4.37. The van der Waals surface area contributed by atoms with Crippen molar-refractivity contribution in [3.8, 4) is 0 Å². The van der Waals surface area contributed by atoms with Crippen molar-refractivity contribution in [2.75, 3.05) is 0 Å². The average Bonchev–Trinajstić information content (AvgIpc) is 2.65. The number of amides is 1. The van der Waals surface area contributed by atoms with Crippen molar-refractivity contribution >= 4 is 22.8 Å². The predicted molar refractivity (Wildman–Crippen MR) is 67.5 cm³/mol. The van der Waals surface area contributed by atoms with E-state index in [1.54, 1.807) is 35.9 Å². The van der Waals surface area contributed by atoms with Crippen molar-refractivity contribution in [3.63, 3.8) is 0 Å². The number of carbonyl (C=O) groups excluding carboxylic acids is 1. The molecule has 5 heteroatoms. The van der Waals surface area contributed by atoms with Crippen LogP contribution in [0.1, 0.15) is 28.9 Å². The van der Waals surface area contributed by atoms with E-state index in [-0.39, 0.29) is 0 Å². The van der Waals surface area contributed by atoms with Gasteiger partial charge in [0.2, 0.25) is 5.91 Å². The summed E-state index contributed by atoms with van der Waals surface area (Å²) in [5, 5.41) is 9.99. The van der Waals surface area contributed by atoms with Gasteiger partial charge >= 0.3 is 5.97 Å². The molecule has 2 aromatic rings. The van der Waals surface area contributed by atoms with Gasteiger partial charge in [0.1, 0.15) is 6.04 Å². The maximum atomic E-state index is 11.2. The average molecular weight is 246 g/mol. The largest absolute Gasteiger partial charge is 0.480 e. The molecule has 0 aliphatic carbocycles. The molecule has 2 rings (SSSR count). The van der Waals surface area contributed by atoms with Crippen molar-refractivity contribution in [2.24, 2.45) is 5.73 Å². The Morgan fingerprint density at radius 2 is 2.06 bits per heavy atom. The standard InChI is InChI=1S/C13H14N2O3/c1-7-6-15(8(2)13(17)18)11-5-9(12(14)16)3-4-10(7)11/h3-6,8H,1-2H3,(H2,14,16)(H,17,18). The number of carbonyl (C=O) groups is 2. The van der Waals surface area contributed by atoms with E-state index in [0.717, 1.165) is 10.9 Å². The fourth-order valence-electron chi connectivity index (χ4n) is 2.02. The zero-order chi connectivity index (χ0) is 13.4. The second-order valence-corrected chi connectivity index (χ2v) is 4.33. The molecule has 0 fully saturated rings. The van der Waals surface area contributed by atoms with Gasteiger partial charge in [-0.15, -0.1) is 0 Å². The minimum Gasteiger partial charge on any atom is -0.480 e. The molecule has 0 radical (unpaired) electrons. The molecule has 94 valence electrons. The highest BCUT2D eigenvalue weighted by molar-refractivity contribution is 5.98. The number of nitrogens with two attached hydrogens (primary N) is 1. The number of hydrogen-bond acceptors (Lipinski definition) is 2. The molecule has 1 aromatic carbocycles. The molecule has 1 unspecified atom stereocenters. The van der Waals surface area contributed by atoms with Gasteiger partial charge in [0.25, 0.3) is 0 Å². The summed E-state index contributed by atoms with van der Waals surface area (Å²) in [5.74, 6) is -1.44. The Morgan fingerprint density at radius 3 is 2.61 bits per heavy atom. The lowest BCUT2D eigenvalue weighted by atomic mass is 10.1. The van der Waals surface area contributed by atoms with Gasteiger partial charge in [-0.05, 0) is 31.5 Å². The van der Waals surface area contributed by atoms with Crippen LogP contribution in [0.2, 0.25) is 0 Å². The van der Waals surface area contributed by atoms with Gasteiger partial charge < -0.3 is 15.4 Å². The number of aliphatic carboxylic acids is 1. The Morgan fingerprint density at radius 1 is 1.39 bits per heavy atom. The normalized spacial score (nSPS) is 12.6. The third-order valence-corrected chi connectivity index (χ3v) is 3.09. The molecule has 0 spiro atoms. The number of benzene rings is 1. The Hall–Kier alpha value is -2.30. The monoisotopic (exact) mass is 246 g/mol. The number of aryl methyl sites for hydroxylation is 1. The first-order chi connectivity index (χ1) is 8.41. The highest BCUT2D eigenvalue weighted by Crippen LogP contribution is 2.25. The molecule has 0 saturated heterocycles. The number of carboxylic acid groups (broad SMARTS) is 1. The van der Waals surface area contributed by atoms with Crippen LogP contribution in [0.4, 0.5) is 0 Å². The summed E-state index contributed by atoms with van der Waals surface area (Å²) in [4.78, 5) is 22.2. The lowest BCUT2D eigenvalue weighted by Crippen LogP contribution is -2.15. The number of fused-ring (bicyclic) bond motifs is 1.